The van der Waals surface area contributed by atoms with Crippen molar-refractivity contribution in [2.75, 3.05) is 20.6 Å². The fourth-order valence-electron chi connectivity index (χ4n) is 4.28. The fourth-order valence-corrected chi connectivity index (χ4v) is 4.89. The number of aliphatic imine (C=N–C) groups is 1. The second-order valence-corrected chi connectivity index (χ2v) is 7.97. The van der Waals surface area contributed by atoms with Gasteiger partial charge < -0.3 is 10.2 Å². The van der Waals surface area contributed by atoms with E-state index in [0.717, 1.165) is 47.5 Å². The molecule has 3 atom stereocenters. The minimum atomic E-state index is 0.818. The summed E-state index contributed by atoms with van der Waals surface area (Å²) in [6, 6.07) is 0. The summed E-state index contributed by atoms with van der Waals surface area (Å²) >= 11 is 1.71. The molecule has 0 radical (unpaired) electrons. The maximum Gasteiger partial charge on any atom is 0.193 e. The van der Waals surface area contributed by atoms with E-state index < -0.39 is 0 Å². The zero-order valence-corrected chi connectivity index (χ0v) is 14.8. The molecule has 0 amide bonds. The summed E-state index contributed by atoms with van der Waals surface area (Å²) in [6.07, 6.45) is 7.24. The highest BCUT2D eigenvalue weighted by Crippen LogP contribution is 2.49. The van der Waals surface area contributed by atoms with Gasteiger partial charge in [0.25, 0.3) is 0 Å². The minimum absolute atomic E-state index is 0.818. The predicted molar refractivity (Wildman–Crippen MR) is 93.2 cm³/mol. The van der Waals surface area contributed by atoms with Gasteiger partial charge in [-0.3, -0.25) is 4.99 Å². The summed E-state index contributed by atoms with van der Waals surface area (Å²) in [6.45, 7) is 3.91. The Morgan fingerprint density at radius 3 is 2.91 bits per heavy atom. The van der Waals surface area contributed by atoms with E-state index >= 15 is 0 Å². The standard InChI is InChI=1S/C17H28N4S/c1-12-20-16(11-22-12)10-21(3)17(18-2)19-7-6-15-9-13-4-5-14(15)8-13/h11,13-15H,4-10H2,1-3H3,(H,18,19). The normalized spacial score (nSPS) is 27.4. The number of fused-ring (bicyclic) bond motifs is 2. The molecule has 0 saturated heterocycles. The second-order valence-electron chi connectivity index (χ2n) is 6.91. The van der Waals surface area contributed by atoms with Crippen LogP contribution in [0.25, 0.3) is 0 Å². The first kappa shape index (κ1) is 15.8. The van der Waals surface area contributed by atoms with Crippen LogP contribution >= 0.6 is 11.3 Å². The first-order valence-corrected chi connectivity index (χ1v) is 9.36. The van der Waals surface area contributed by atoms with Crippen LogP contribution in [0.15, 0.2) is 10.4 Å². The molecule has 2 aliphatic rings. The zero-order valence-electron chi connectivity index (χ0n) is 14.0. The first-order chi connectivity index (χ1) is 10.7. The molecule has 2 aliphatic carbocycles. The van der Waals surface area contributed by atoms with Crippen LogP contribution in [0.2, 0.25) is 0 Å². The molecule has 3 unspecified atom stereocenters. The van der Waals surface area contributed by atoms with Crippen LogP contribution in [-0.4, -0.2) is 36.5 Å². The fraction of sp³-hybridized carbons (Fsp3) is 0.765. The number of nitrogens with zero attached hydrogens (tertiary/aromatic N) is 3. The van der Waals surface area contributed by atoms with E-state index in [0.29, 0.717) is 0 Å². The number of nitrogens with one attached hydrogen (secondary N) is 1. The summed E-state index contributed by atoms with van der Waals surface area (Å²) in [5.74, 6) is 4.00. The molecule has 122 valence electrons. The molecule has 4 nitrogen and oxygen atoms in total. The average molecular weight is 321 g/mol. The van der Waals surface area contributed by atoms with Crippen molar-refractivity contribution < 1.29 is 0 Å². The molecule has 5 heteroatoms. The quantitative estimate of drug-likeness (QED) is 0.668. The second kappa shape index (κ2) is 6.99. The van der Waals surface area contributed by atoms with Crippen molar-refractivity contribution in [1.82, 2.24) is 15.2 Å². The number of hydrogen-bond acceptors (Lipinski definition) is 3. The Labute approximate surface area is 138 Å². The van der Waals surface area contributed by atoms with Gasteiger partial charge in [0, 0.05) is 26.0 Å². The van der Waals surface area contributed by atoms with Crippen LogP contribution in [0.1, 0.15) is 42.8 Å². The Hall–Kier alpha value is -1.10. The third-order valence-electron chi connectivity index (χ3n) is 5.32. The molecule has 1 heterocycles. The number of hydrogen-bond donors (Lipinski definition) is 1. The van der Waals surface area contributed by atoms with Gasteiger partial charge in [-0.05, 0) is 50.4 Å². The van der Waals surface area contributed by atoms with E-state index in [2.05, 4.69) is 39.5 Å². The molecule has 1 aromatic rings. The Morgan fingerprint density at radius 2 is 2.32 bits per heavy atom. The molecular weight excluding hydrogens is 292 g/mol. The zero-order chi connectivity index (χ0) is 15.5. The van der Waals surface area contributed by atoms with Crippen molar-refractivity contribution in [3.05, 3.63) is 16.1 Å². The van der Waals surface area contributed by atoms with Crippen LogP contribution in [-0.2, 0) is 6.54 Å². The number of thiazole rings is 1. The highest BCUT2D eigenvalue weighted by molar-refractivity contribution is 7.09. The Bertz CT molecular complexity index is 524. The van der Waals surface area contributed by atoms with E-state index in [1.807, 2.05) is 7.05 Å². The van der Waals surface area contributed by atoms with E-state index in [1.165, 1.54) is 32.1 Å². The van der Waals surface area contributed by atoms with Crippen molar-refractivity contribution in [2.24, 2.45) is 22.7 Å². The smallest absolute Gasteiger partial charge is 0.193 e. The Kier molecular flexibility index (Phi) is 5.01. The summed E-state index contributed by atoms with van der Waals surface area (Å²) in [4.78, 5) is 11.1. The van der Waals surface area contributed by atoms with Gasteiger partial charge in [0.2, 0.25) is 0 Å². The third-order valence-corrected chi connectivity index (χ3v) is 6.14. The summed E-state index contributed by atoms with van der Waals surface area (Å²) in [5.41, 5.74) is 1.13. The first-order valence-electron chi connectivity index (χ1n) is 8.48. The van der Waals surface area contributed by atoms with Gasteiger partial charge >= 0.3 is 0 Å². The predicted octanol–water partition coefficient (Wildman–Crippen LogP) is 3.29. The molecule has 3 rings (SSSR count). The molecular formula is C17H28N4S. The molecule has 2 bridgehead atoms. The number of rotatable bonds is 5. The van der Waals surface area contributed by atoms with Crippen LogP contribution in [0.3, 0.4) is 0 Å². The highest BCUT2D eigenvalue weighted by Gasteiger charge is 2.38. The summed E-state index contributed by atoms with van der Waals surface area (Å²) < 4.78 is 0. The lowest BCUT2D eigenvalue weighted by Gasteiger charge is -2.24. The Balaban J connectivity index is 1.43. The maximum atomic E-state index is 4.53. The van der Waals surface area contributed by atoms with Crippen molar-refractivity contribution in [1.29, 1.82) is 0 Å². The van der Waals surface area contributed by atoms with Gasteiger partial charge in [0.1, 0.15) is 0 Å². The number of guanidine groups is 1. The molecule has 0 aromatic carbocycles. The summed E-state index contributed by atoms with van der Waals surface area (Å²) in [7, 11) is 3.95. The highest BCUT2D eigenvalue weighted by atomic mass is 32.1. The van der Waals surface area contributed by atoms with E-state index in [-0.39, 0.29) is 0 Å². The maximum absolute atomic E-state index is 4.53. The summed E-state index contributed by atoms with van der Waals surface area (Å²) in [5, 5.41) is 6.79. The van der Waals surface area contributed by atoms with E-state index in [4.69, 9.17) is 0 Å². The van der Waals surface area contributed by atoms with Gasteiger partial charge in [-0.25, -0.2) is 4.98 Å². The van der Waals surface area contributed by atoms with Crippen LogP contribution in [0.5, 0.6) is 0 Å². The van der Waals surface area contributed by atoms with Gasteiger partial charge in [-0.1, -0.05) is 6.42 Å². The van der Waals surface area contributed by atoms with Crippen molar-refractivity contribution in [3.63, 3.8) is 0 Å². The van der Waals surface area contributed by atoms with E-state index in [1.54, 1.807) is 11.3 Å². The van der Waals surface area contributed by atoms with E-state index in [9.17, 15) is 0 Å². The van der Waals surface area contributed by atoms with Crippen molar-refractivity contribution in [3.8, 4) is 0 Å². The van der Waals surface area contributed by atoms with Crippen LogP contribution < -0.4 is 5.32 Å². The molecule has 2 saturated carbocycles. The monoisotopic (exact) mass is 320 g/mol. The average Bonchev–Trinajstić information content (AvgIpc) is 3.20. The molecule has 0 spiro atoms. The Morgan fingerprint density at radius 1 is 1.45 bits per heavy atom. The largest absolute Gasteiger partial charge is 0.356 e. The van der Waals surface area contributed by atoms with Gasteiger partial charge in [-0.2, -0.15) is 0 Å². The van der Waals surface area contributed by atoms with Crippen LogP contribution in [0.4, 0.5) is 0 Å². The SMILES string of the molecule is CN=C(NCCC1CC2CCC1C2)N(C)Cc1csc(C)n1. The number of aryl methyl sites for hydroxylation is 1. The molecule has 1 N–H and O–H groups in total. The molecule has 2 fully saturated rings. The lowest BCUT2D eigenvalue weighted by Crippen LogP contribution is -2.39. The third kappa shape index (κ3) is 3.62. The van der Waals surface area contributed by atoms with Gasteiger partial charge in [-0.15, -0.1) is 11.3 Å². The lowest BCUT2D eigenvalue weighted by atomic mass is 9.86. The minimum Gasteiger partial charge on any atom is -0.356 e. The van der Waals surface area contributed by atoms with Gasteiger partial charge in [0.15, 0.2) is 5.96 Å². The van der Waals surface area contributed by atoms with Crippen molar-refractivity contribution >= 4 is 17.3 Å². The molecule has 22 heavy (non-hydrogen) atoms. The topological polar surface area (TPSA) is 40.5 Å². The van der Waals surface area contributed by atoms with Gasteiger partial charge in [0.05, 0.1) is 17.2 Å². The van der Waals surface area contributed by atoms with Crippen LogP contribution in [0, 0.1) is 24.7 Å². The lowest BCUT2D eigenvalue weighted by molar-refractivity contribution is 0.313. The van der Waals surface area contributed by atoms with Crippen molar-refractivity contribution in [2.45, 2.75) is 45.6 Å². The molecule has 1 aromatic heterocycles. The number of aromatic nitrogens is 1. The molecule has 0 aliphatic heterocycles.